The molecule has 2 atom stereocenters. The summed E-state index contributed by atoms with van der Waals surface area (Å²) in [5, 5.41) is 3.41. The molecule has 0 aromatic heterocycles. The standard InChI is InChI=1S/C16H26FNO/c1-5-7-12(3)19-16-11-14(17)8-9-15(16)13(4)18-10-6-2/h8-9,11-13,18H,5-7,10H2,1-4H3. The maximum Gasteiger partial charge on any atom is 0.127 e. The van der Waals surface area contributed by atoms with Crippen LogP contribution >= 0.6 is 0 Å². The van der Waals surface area contributed by atoms with Crippen molar-refractivity contribution < 1.29 is 9.13 Å². The predicted molar refractivity (Wildman–Crippen MR) is 78.1 cm³/mol. The molecule has 0 bridgehead atoms. The van der Waals surface area contributed by atoms with Gasteiger partial charge < -0.3 is 10.1 Å². The van der Waals surface area contributed by atoms with Crippen molar-refractivity contribution in [3.05, 3.63) is 29.6 Å². The van der Waals surface area contributed by atoms with Gasteiger partial charge in [-0.05, 0) is 39.3 Å². The molecule has 1 N–H and O–H groups in total. The molecule has 0 spiro atoms. The predicted octanol–water partition coefficient (Wildman–Crippen LogP) is 4.45. The Morgan fingerprint density at radius 2 is 1.95 bits per heavy atom. The molecule has 3 heteroatoms. The fraction of sp³-hybridized carbons (Fsp3) is 0.625. The lowest BCUT2D eigenvalue weighted by atomic mass is 10.1. The van der Waals surface area contributed by atoms with Crippen LogP contribution in [-0.2, 0) is 0 Å². The van der Waals surface area contributed by atoms with Crippen molar-refractivity contribution >= 4 is 0 Å². The van der Waals surface area contributed by atoms with Crippen LogP contribution in [0, 0.1) is 5.82 Å². The molecule has 0 heterocycles. The maximum absolute atomic E-state index is 13.4. The van der Waals surface area contributed by atoms with Gasteiger partial charge in [-0.3, -0.25) is 0 Å². The van der Waals surface area contributed by atoms with E-state index in [2.05, 4.69) is 26.1 Å². The largest absolute Gasteiger partial charge is 0.490 e. The van der Waals surface area contributed by atoms with E-state index in [1.807, 2.05) is 13.0 Å². The lowest BCUT2D eigenvalue weighted by Gasteiger charge is -2.21. The summed E-state index contributed by atoms with van der Waals surface area (Å²) in [6.07, 6.45) is 3.24. The van der Waals surface area contributed by atoms with E-state index in [4.69, 9.17) is 4.74 Å². The van der Waals surface area contributed by atoms with Gasteiger partial charge in [0.1, 0.15) is 11.6 Å². The van der Waals surface area contributed by atoms with Gasteiger partial charge in [-0.1, -0.05) is 26.3 Å². The number of ether oxygens (including phenoxy) is 1. The molecule has 0 saturated carbocycles. The fourth-order valence-electron chi connectivity index (χ4n) is 2.12. The third-order valence-electron chi connectivity index (χ3n) is 3.17. The van der Waals surface area contributed by atoms with E-state index >= 15 is 0 Å². The van der Waals surface area contributed by atoms with Crippen molar-refractivity contribution in [2.45, 2.75) is 59.1 Å². The molecule has 0 aliphatic heterocycles. The van der Waals surface area contributed by atoms with Gasteiger partial charge in [0.2, 0.25) is 0 Å². The molecular formula is C16H26FNO. The number of rotatable bonds is 8. The van der Waals surface area contributed by atoms with Crippen LogP contribution in [0.4, 0.5) is 4.39 Å². The van der Waals surface area contributed by atoms with Crippen LogP contribution < -0.4 is 10.1 Å². The number of benzene rings is 1. The first kappa shape index (κ1) is 16.0. The molecule has 0 amide bonds. The van der Waals surface area contributed by atoms with E-state index < -0.39 is 0 Å². The Labute approximate surface area is 116 Å². The van der Waals surface area contributed by atoms with Crippen LogP contribution in [0.5, 0.6) is 5.75 Å². The van der Waals surface area contributed by atoms with Crippen LogP contribution in [0.2, 0.25) is 0 Å². The summed E-state index contributed by atoms with van der Waals surface area (Å²) in [6, 6.07) is 4.98. The Kier molecular flexibility index (Phi) is 6.85. The zero-order valence-electron chi connectivity index (χ0n) is 12.5. The normalized spacial score (nSPS) is 14.2. The highest BCUT2D eigenvalue weighted by Gasteiger charge is 2.14. The third kappa shape index (κ3) is 5.19. The SMILES string of the molecule is CCCNC(C)c1ccc(F)cc1OC(C)CCC. The van der Waals surface area contributed by atoms with Crippen molar-refractivity contribution in [1.29, 1.82) is 0 Å². The Hall–Kier alpha value is -1.09. The topological polar surface area (TPSA) is 21.3 Å². The van der Waals surface area contributed by atoms with Crippen molar-refractivity contribution in [1.82, 2.24) is 5.32 Å². The zero-order chi connectivity index (χ0) is 14.3. The van der Waals surface area contributed by atoms with Crippen molar-refractivity contribution in [3.63, 3.8) is 0 Å². The summed E-state index contributed by atoms with van der Waals surface area (Å²) in [5.74, 6) is 0.419. The Balaban J connectivity index is 2.84. The molecule has 1 rings (SSSR count). The van der Waals surface area contributed by atoms with Crippen LogP contribution in [0.3, 0.4) is 0 Å². The van der Waals surface area contributed by atoms with Crippen LogP contribution in [0.25, 0.3) is 0 Å². The van der Waals surface area contributed by atoms with Gasteiger partial charge in [-0.15, -0.1) is 0 Å². The average Bonchev–Trinajstić information content (AvgIpc) is 2.36. The molecule has 0 aliphatic carbocycles. The Bertz CT molecular complexity index is 381. The summed E-state index contributed by atoms with van der Waals surface area (Å²) in [5.41, 5.74) is 1.03. The smallest absolute Gasteiger partial charge is 0.127 e. The number of hydrogen-bond acceptors (Lipinski definition) is 2. The summed E-state index contributed by atoms with van der Waals surface area (Å²) in [6.45, 7) is 9.31. The molecule has 2 nitrogen and oxygen atoms in total. The first-order valence-corrected chi connectivity index (χ1v) is 7.27. The minimum Gasteiger partial charge on any atom is -0.490 e. The van der Waals surface area contributed by atoms with E-state index in [0.717, 1.165) is 31.4 Å². The number of nitrogens with one attached hydrogen (secondary N) is 1. The monoisotopic (exact) mass is 267 g/mol. The molecule has 0 radical (unpaired) electrons. The first-order chi connectivity index (χ1) is 9.08. The highest BCUT2D eigenvalue weighted by molar-refractivity contribution is 5.36. The van der Waals surface area contributed by atoms with E-state index in [-0.39, 0.29) is 18.0 Å². The Morgan fingerprint density at radius 1 is 1.21 bits per heavy atom. The van der Waals surface area contributed by atoms with Gasteiger partial charge >= 0.3 is 0 Å². The van der Waals surface area contributed by atoms with Crippen LogP contribution in [0.15, 0.2) is 18.2 Å². The highest BCUT2D eigenvalue weighted by atomic mass is 19.1. The second kappa shape index (κ2) is 8.16. The van der Waals surface area contributed by atoms with Crippen molar-refractivity contribution in [2.75, 3.05) is 6.54 Å². The van der Waals surface area contributed by atoms with Crippen LogP contribution in [0.1, 0.15) is 58.6 Å². The molecule has 1 aromatic rings. The molecule has 0 fully saturated rings. The van der Waals surface area contributed by atoms with Gasteiger partial charge in [-0.2, -0.15) is 0 Å². The molecular weight excluding hydrogens is 241 g/mol. The highest BCUT2D eigenvalue weighted by Crippen LogP contribution is 2.27. The quantitative estimate of drug-likeness (QED) is 0.751. The second-order valence-corrected chi connectivity index (χ2v) is 5.08. The maximum atomic E-state index is 13.4. The van der Waals surface area contributed by atoms with Gasteiger partial charge in [0.25, 0.3) is 0 Å². The summed E-state index contributed by atoms with van der Waals surface area (Å²) >= 11 is 0. The number of halogens is 1. The number of hydrogen-bond donors (Lipinski definition) is 1. The summed E-state index contributed by atoms with van der Waals surface area (Å²) in [7, 11) is 0. The van der Waals surface area contributed by atoms with Gasteiger partial charge in [-0.25, -0.2) is 4.39 Å². The van der Waals surface area contributed by atoms with Crippen molar-refractivity contribution in [3.8, 4) is 5.75 Å². The van der Waals surface area contributed by atoms with E-state index in [0.29, 0.717) is 5.75 Å². The van der Waals surface area contributed by atoms with Gasteiger partial charge in [0.05, 0.1) is 6.10 Å². The third-order valence-corrected chi connectivity index (χ3v) is 3.17. The molecule has 0 saturated heterocycles. The fourth-order valence-corrected chi connectivity index (χ4v) is 2.12. The molecule has 19 heavy (non-hydrogen) atoms. The molecule has 108 valence electrons. The van der Waals surface area contributed by atoms with E-state index in [1.165, 1.54) is 12.1 Å². The lowest BCUT2D eigenvalue weighted by molar-refractivity contribution is 0.205. The van der Waals surface area contributed by atoms with Crippen molar-refractivity contribution in [2.24, 2.45) is 0 Å². The van der Waals surface area contributed by atoms with Gasteiger partial charge in [0.15, 0.2) is 0 Å². The van der Waals surface area contributed by atoms with E-state index in [9.17, 15) is 4.39 Å². The zero-order valence-corrected chi connectivity index (χ0v) is 12.5. The minimum atomic E-state index is -0.245. The lowest BCUT2D eigenvalue weighted by Crippen LogP contribution is -2.21. The molecule has 2 unspecified atom stereocenters. The molecule has 1 aromatic carbocycles. The first-order valence-electron chi connectivity index (χ1n) is 7.27. The minimum absolute atomic E-state index is 0.115. The van der Waals surface area contributed by atoms with Crippen LogP contribution in [-0.4, -0.2) is 12.6 Å². The summed E-state index contributed by atoms with van der Waals surface area (Å²) < 4.78 is 19.3. The molecule has 0 aliphatic rings. The summed E-state index contributed by atoms with van der Waals surface area (Å²) in [4.78, 5) is 0. The van der Waals surface area contributed by atoms with Gasteiger partial charge in [0, 0.05) is 17.7 Å². The Morgan fingerprint density at radius 3 is 2.58 bits per heavy atom. The van der Waals surface area contributed by atoms with E-state index in [1.54, 1.807) is 0 Å². The average molecular weight is 267 g/mol. The second-order valence-electron chi connectivity index (χ2n) is 5.08.